The molecule has 1 N–H and O–H groups in total. The van der Waals surface area contributed by atoms with Crippen LogP contribution in [-0.4, -0.2) is 55.6 Å². The quantitative estimate of drug-likeness (QED) is 0.839. The SMILES string of the molecule is CN(CC(O)COCc1ccccc1Cl)C1CCOCC1. The summed E-state index contributed by atoms with van der Waals surface area (Å²) in [7, 11) is 2.05. The zero-order valence-corrected chi connectivity index (χ0v) is 13.3. The highest BCUT2D eigenvalue weighted by Gasteiger charge is 2.20. The van der Waals surface area contributed by atoms with E-state index in [1.54, 1.807) is 0 Å². The molecule has 0 spiro atoms. The Balaban J connectivity index is 1.67. The van der Waals surface area contributed by atoms with Gasteiger partial charge in [0.1, 0.15) is 0 Å². The average Bonchev–Trinajstić information content (AvgIpc) is 2.50. The Kier molecular flexibility index (Phi) is 6.93. The number of aliphatic hydroxyl groups excluding tert-OH is 1. The molecule has 1 aromatic rings. The van der Waals surface area contributed by atoms with Crippen molar-refractivity contribution in [3.05, 3.63) is 34.9 Å². The lowest BCUT2D eigenvalue weighted by molar-refractivity contribution is -0.00900. The number of hydrogen-bond donors (Lipinski definition) is 1. The molecule has 5 heteroatoms. The fourth-order valence-electron chi connectivity index (χ4n) is 2.58. The highest BCUT2D eigenvalue weighted by molar-refractivity contribution is 6.31. The van der Waals surface area contributed by atoms with Gasteiger partial charge < -0.3 is 19.5 Å². The third-order valence-corrected chi connectivity index (χ3v) is 4.21. The maximum atomic E-state index is 10.1. The van der Waals surface area contributed by atoms with Gasteiger partial charge in [0.15, 0.2) is 0 Å². The molecule has 0 amide bonds. The summed E-state index contributed by atoms with van der Waals surface area (Å²) in [4.78, 5) is 2.20. The largest absolute Gasteiger partial charge is 0.389 e. The molecule has 0 aliphatic carbocycles. The van der Waals surface area contributed by atoms with Gasteiger partial charge in [-0.1, -0.05) is 29.8 Å². The third kappa shape index (κ3) is 5.57. The standard InChI is InChI=1S/C16H24ClNO3/c1-18(14-6-8-20-9-7-14)10-15(19)12-21-11-13-4-2-3-5-16(13)17/h2-5,14-15,19H,6-12H2,1H3. The Hall–Kier alpha value is -0.650. The zero-order chi connectivity index (χ0) is 15.1. The molecular formula is C16H24ClNO3. The van der Waals surface area contributed by atoms with Crippen molar-refractivity contribution in [2.45, 2.75) is 31.6 Å². The van der Waals surface area contributed by atoms with Crippen molar-refractivity contribution in [2.75, 3.05) is 33.4 Å². The lowest BCUT2D eigenvalue weighted by Gasteiger charge is -2.32. The van der Waals surface area contributed by atoms with Crippen molar-refractivity contribution in [3.8, 4) is 0 Å². The molecule has 0 aromatic heterocycles. The third-order valence-electron chi connectivity index (χ3n) is 3.84. The van der Waals surface area contributed by atoms with E-state index in [1.807, 2.05) is 31.3 Å². The summed E-state index contributed by atoms with van der Waals surface area (Å²) in [6.45, 7) is 2.99. The van der Waals surface area contributed by atoms with Gasteiger partial charge in [-0.3, -0.25) is 0 Å². The molecule has 21 heavy (non-hydrogen) atoms. The van der Waals surface area contributed by atoms with Crippen LogP contribution >= 0.6 is 11.6 Å². The van der Waals surface area contributed by atoms with Crippen LogP contribution in [0, 0.1) is 0 Å². The molecule has 0 radical (unpaired) electrons. The predicted octanol–water partition coefficient (Wildman–Crippen LogP) is 2.33. The van der Waals surface area contributed by atoms with Crippen LogP contribution in [-0.2, 0) is 16.1 Å². The number of benzene rings is 1. The summed E-state index contributed by atoms with van der Waals surface area (Å²) in [5.74, 6) is 0. The van der Waals surface area contributed by atoms with Crippen molar-refractivity contribution in [1.29, 1.82) is 0 Å². The van der Waals surface area contributed by atoms with Gasteiger partial charge in [0.25, 0.3) is 0 Å². The molecule has 4 nitrogen and oxygen atoms in total. The molecule has 118 valence electrons. The van der Waals surface area contributed by atoms with Gasteiger partial charge in [-0.15, -0.1) is 0 Å². The van der Waals surface area contributed by atoms with Gasteiger partial charge in [-0.05, 0) is 31.5 Å². The maximum absolute atomic E-state index is 10.1. The number of hydrogen-bond acceptors (Lipinski definition) is 4. The van der Waals surface area contributed by atoms with Crippen LogP contribution in [0.2, 0.25) is 5.02 Å². The number of ether oxygens (including phenoxy) is 2. The molecule has 1 aliphatic heterocycles. The minimum Gasteiger partial charge on any atom is -0.389 e. The first kappa shape index (κ1) is 16.7. The summed E-state index contributed by atoms with van der Waals surface area (Å²) < 4.78 is 10.9. The summed E-state index contributed by atoms with van der Waals surface area (Å²) in [6.07, 6.45) is 1.58. The second kappa shape index (κ2) is 8.71. The fourth-order valence-corrected chi connectivity index (χ4v) is 2.77. The van der Waals surface area contributed by atoms with Crippen LogP contribution in [0.15, 0.2) is 24.3 Å². The zero-order valence-electron chi connectivity index (χ0n) is 12.5. The van der Waals surface area contributed by atoms with E-state index in [-0.39, 0.29) is 0 Å². The van der Waals surface area contributed by atoms with E-state index in [1.165, 1.54) is 0 Å². The second-order valence-corrected chi connectivity index (χ2v) is 5.95. The van der Waals surface area contributed by atoms with Gasteiger partial charge >= 0.3 is 0 Å². The molecule has 1 aliphatic rings. The summed E-state index contributed by atoms with van der Waals surface area (Å²) in [6, 6.07) is 8.10. The molecule has 1 heterocycles. The van der Waals surface area contributed by atoms with E-state index in [4.69, 9.17) is 21.1 Å². The first-order valence-electron chi connectivity index (χ1n) is 7.44. The van der Waals surface area contributed by atoms with Crippen LogP contribution < -0.4 is 0 Å². The highest BCUT2D eigenvalue weighted by atomic mass is 35.5. The fraction of sp³-hybridized carbons (Fsp3) is 0.625. The smallest absolute Gasteiger partial charge is 0.0900 e. The Morgan fingerprint density at radius 3 is 2.81 bits per heavy atom. The first-order valence-corrected chi connectivity index (χ1v) is 7.82. The maximum Gasteiger partial charge on any atom is 0.0900 e. The first-order chi connectivity index (χ1) is 10.2. The van der Waals surface area contributed by atoms with E-state index in [0.717, 1.165) is 31.6 Å². The molecular weight excluding hydrogens is 290 g/mol. The number of rotatable bonds is 7. The molecule has 0 bridgehead atoms. The van der Waals surface area contributed by atoms with Gasteiger partial charge in [0.2, 0.25) is 0 Å². The van der Waals surface area contributed by atoms with Gasteiger partial charge in [0.05, 0.1) is 19.3 Å². The Morgan fingerprint density at radius 2 is 2.10 bits per heavy atom. The summed E-state index contributed by atoms with van der Waals surface area (Å²) >= 11 is 6.06. The molecule has 2 rings (SSSR count). The summed E-state index contributed by atoms with van der Waals surface area (Å²) in [5, 5.41) is 10.8. The normalized spacial score (nSPS) is 18.1. The van der Waals surface area contributed by atoms with Gasteiger partial charge in [-0.25, -0.2) is 0 Å². The van der Waals surface area contributed by atoms with Gasteiger partial charge in [-0.2, -0.15) is 0 Å². The molecule has 1 aromatic carbocycles. The van der Waals surface area contributed by atoms with Crippen LogP contribution in [0.4, 0.5) is 0 Å². The Bertz CT molecular complexity index is 424. The van der Waals surface area contributed by atoms with Crippen molar-refractivity contribution in [2.24, 2.45) is 0 Å². The lowest BCUT2D eigenvalue weighted by Crippen LogP contribution is -2.42. The van der Waals surface area contributed by atoms with Crippen molar-refractivity contribution >= 4 is 11.6 Å². The molecule has 1 fully saturated rings. The van der Waals surface area contributed by atoms with E-state index >= 15 is 0 Å². The molecule has 0 saturated carbocycles. The minimum absolute atomic E-state index is 0.318. The van der Waals surface area contributed by atoms with Crippen molar-refractivity contribution < 1.29 is 14.6 Å². The number of aliphatic hydroxyl groups is 1. The van der Waals surface area contributed by atoms with Crippen molar-refractivity contribution in [3.63, 3.8) is 0 Å². The van der Waals surface area contributed by atoms with E-state index in [9.17, 15) is 5.11 Å². The number of halogens is 1. The van der Waals surface area contributed by atoms with Crippen LogP contribution in [0.25, 0.3) is 0 Å². The van der Waals surface area contributed by atoms with Crippen molar-refractivity contribution in [1.82, 2.24) is 4.90 Å². The van der Waals surface area contributed by atoms with E-state index < -0.39 is 6.10 Å². The molecule has 1 saturated heterocycles. The van der Waals surface area contributed by atoms with Gasteiger partial charge in [0, 0.05) is 30.8 Å². The number of likely N-dealkylation sites (N-methyl/N-ethyl adjacent to an activating group) is 1. The highest BCUT2D eigenvalue weighted by Crippen LogP contribution is 2.16. The average molecular weight is 314 g/mol. The minimum atomic E-state index is -0.486. The van der Waals surface area contributed by atoms with E-state index in [0.29, 0.717) is 30.8 Å². The molecule has 1 unspecified atom stereocenters. The monoisotopic (exact) mass is 313 g/mol. The number of nitrogens with zero attached hydrogens (tertiary/aromatic N) is 1. The predicted molar refractivity (Wildman–Crippen MR) is 83.6 cm³/mol. The Morgan fingerprint density at radius 1 is 1.38 bits per heavy atom. The Labute approximate surface area is 131 Å². The van der Waals surface area contributed by atoms with Crippen LogP contribution in [0.3, 0.4) is 0 Å². The molecule has 1 atom stereocenters. The summed E-state index contributed by atoms with van der Waals surface area (Å²) in [5.41, 5.74) is 0.948. The topological polar surface area (TPSA) is 41.9 Å². The second-order valence-electron chi connectivity index (χ2n) is 5.54. The van der Waals surface area contributed by atoms with Crippen LogP contribution in [0.5, 0.6) is 0 Å². The van der Waals surface area contributed by atoms with E-state index in [2.05, 4.69) is 4.90 Å². The van der Waals surface area contributed by atoms with Crippen LogP contribution in [0.1, 0.15) is 18.4 Å². The lowest BCUT2D eigenvalue weighted by atomic mass is 10.1.